The van der Waals surface area contributed by atoms with Crippen molar-refractivity contribution in [3.63, 3.8) is 0 Å². The van der Waals surface area contributed by atoms with E-state index in [0.29, 0.717) is 21.4 Å². The van der Waals surface area contributed by atoms with Gasteiger partial charge in [-0.1, -0.05) is 17.7 Å². The van der Waals surface area contributed by atoms with Crippen LogP contribution in [-0.2, 0) is 10.2 Å². The predicted octanol–water partition coefficient (Wildman–Crippen LogP) is 3.28. The fourth-order valence-electron chi connectivity index (χ4n) is 2.76. The van der Waals surface area contributed by atoms with Crippen molar-refractivity contribution in [2.45, 2.75) is 19.3 Å². The van der Waals surface area contributed by atoms with E-state index < -0.39 is 11.3 Å². The summed E-state index contributed by atoms with van der Waals surface area (Å²) in [7, 11) is 0. The number of amides is 2. The largest absolute Gasteiger partial charge is 0.396 e. The molecule has 8 heteroatoms. The highest BCUT2D eigenvalue weighted by molar-refractivity contribution is 7.80. The number of imide groups is 1. The summed E-state index contributed by atoms with van der Waals surface area (Å²) in [5, 5.41) is 9.27. The zero-order valence-electron chi connectivity index (χ0n) is 14.1. The van der Waals surface area contributed by atoms with Crippen molar-refractivity contribution in [3.05, 3.63) is 52.5 Å². The fraction of sp³-hybridized carbons (Fsp3) is 0.167. The highest BCUT2D eigenvalue weighted by atomic mass is 35.5. The number of anilines is 3. The van der Waals surface area contributed by atoms with Crippen LogP contribution in [0, 0.1) is 0 Å². The summed E-state index contributed by atoms with van der Waals surface area (Å²) in [4.78, 5) is 24.3. The SMILES string of the molecule is CC1(C)C(=O)NC(=O)c2c1ccc(NC(=S)Nc1ccc(Cl)cc1)c2N. The van der Waals surface area contributed by atoms with Crippen LogP contribution in [0.2, 0.25) is 5.02 Å². The quantitative estimate of drug-likeness (QED) is 0.358. The minimum absolute atomic E-state index is 0.237. The van der Waals surface area contributed by atoms with E-state index in [9.17, 15) is 9.59 Å². The van der Waals surface area contributed by atoms with Crippen LogP contribution in [-0.4, -0.2) is 16.9 Å². The molecule has 0 bridgehead atoms. The lowest BCUT2D eigenvalue weighted by Crippen LogP contribution is -2.49. The van der Waals surface area contributed by atoms with Crippen molar-refractivity contribution in [2.75, 3.05) is 16.4 Å². The Labute approximate surface area is 161 Å². The molecule has 134 valence electrons. The van der Waals surface area contributed by atoms with Crippen molar-refractivity contribution in [3.8, 4) is 0 Å². The molecule has 0 spiro atoms. The fourth-order valence-corrected chi connectivity index (χ4v) is 3.11. The molecule has 0 saturated heterocycles. The monoisotopic (exact) mass is 388 g/mol. The molecule has 0 aliphatic carbocycles. The van der Waals surface area contributed by atoms with E-state index >= 15 is 0 Å². The molecule has 2 aromatic rings. The number of carbonyl (C=O) groups is 2. The minimum Gasteiger partial charge on any atom is -0.396 e. The molecule has 0 saturated carbocycles. The lowest BCUT2D eigenvalue weighted by atomic mass is 9.77. The number of hydrogen-bond acceptors (Lipinski definition) is 4. The smallest absolute Gasteiger partial charge is 0.260 e. The number of nitrogen functional groups attached to an aromatic ring is 1. The van der Waals surface area contributed by atoms with Gasteiger partial charge >= 0.3 is 0 Å². The normalized spacial score (nSPS) is 15.0. The Morgan fingerprint density at radius 1 is 1.12 bits per heavy atom. The molecule has 1 aliphatic heterocycles. The van der Waals surface area contributed by atoms with E-state index in [1.54, 1.807) is 50.2 Å². The Bertz CT molecular complexity index is 926. The van der Waals surface area contributed by atoms with Gasteiger partial charge in [0, 0.05) is 10.7 Å². The highest BCUT2D eigenvalue weighted by Crippen LogP contribution is 2.36. The number of halogens is 1. The van der Waals surface area contributed by atoms with Gasteiger partial charge in [0.15, 0.2) is 5.11 Å². The first-order valence-corrected chi connectivity index (χ1v) is 8.61. The molecule has 5 N–H and O–H groups in total. The maximum Gasteiger partial charge on any atom is 0.260 e. The number of rotatable bonds is 2. The molecule has 2 amide bonds. The van der Waals surface area contributed by atoms with E-state index in [4.69, 9.17) is 29.6 Å². The van der Waals surface area contributed by atoms with Gasteiger partial charge in [0.1, 0.15) is 0 Å². The van der Waals surface area contributed by atoms with Crippen LogP contribution in [0.3, 0.4) is 0 Å². The van der Waals surface area contributed by atoms with Crippen molar-refractivity contribution < 1.29 is 9.59 Å². The van der Waals surface area contributed by atoms with Crippen LogP contribution < -0.4 is 21.7 Å². The van der Waals surface area contributed by atoms with Crippen LogP contribution in [0.4, 0.5) is 17.1 Å². The molecule has 0 fully saturated rings. The Balaban J connectivity index is 1.87. The number of thiocarbonyl (C=S) groups is 1. The molecule has 0 aromatic heterocycles. The van der Waals surface area contributed by atoms with Gasteiger partial charge < -0.3 is 16.4 Å². The van der Waals surface area contributed by atoms with E-state index in [0.717, 1.165) is 5.69 Å². The average Bonchev–Trinajstić information content (AvgIpc) is 2.57. The second-order valence-electron chi connectivity index (χ2n) is 6.44. The Hall–Kier alpha value is -2.64. The summed E-state index contributed by atoms with van der Waals surface area (Å²) < 4.78 is 0. The number of carbonyl (C=O) groups excluding carboxylic acids is 2. The highest BCUT2D eigenvalue weighted by Gasteiger charge is 2.40. The molecule has 6 nitrogen and oxygen atoms in total. The van der Waals surface area contributed by atoms with Crippen LogP contribution >= 0.6 is 23.8 Å². The molecular formula is C18H17ClN4O2S. The molecule has 1 heterocycles. The van der Waals surface area contributed by atoms with Crippen LogP contribution in [0.1, 0.15) is 29.8 Å². The third kappa shape index (κ3) is 3.23. The van der Waals surface area contributed by atoms with Gasteiger partial charge in [-0.2, -0.15) is 0 Å². The Morgan fingerprint density at radius 3 is 2.42 bits per heavy atom. The maximum absolute atomic E-state index is 12.3. The zero-order valence-corrected chi connectivity index (χ0v) is 15.7. The number of fused-ring (bicyclic) bond motifs is 1. The van der Waals surface area contributed by atoms with Crippen LogP contribution in [0.25, 0.3) is 0 Å². The summed E-state index contributed by atoms with van der Waals surface area (Å²) in [5.74, 6) is -0.864. The summed E-state index contributed by atoms with van der Waals surface area (Å²) >= 11 is 11.2. The molecule has 2 aromatic carbocycles. The lowest BCUT2D eigenvalue weighted by molar-refractivity contribution is -0.125. The standard InChI is InChI=1S/C18H17ClN4O2S/c1-18(2)11-7-8-12(14(20)13(11)15(24)23-16(18)25)22-17(26)21-10-5-3-9(19)4-6-10/h3-8H,20H2,1-2H3,(H2,21,22,26)(H,23,24,25). The molecule has 1 aliphatic rings. The van der Waals surface area contributed by atoms with E-state index in [2.05, 4.69) is 16.0 Å². The average molecular weight is 389 g/mol. The summed E-state index contributed by atoms with van der Waals surface area (Å²) in [6.07, 6.45) is 0. The minimum atomic E-state index is -0.849. The van der Waals surface area contributed by atoms with Gasteiger partial charge in [0.25, 0.3) is 5.91 Å². The molecule has 0 atom stereocenters. The molecule has 3 rings (SSSR count). The second kappa shape index (κ2) is 6.59. The number of benzene rings is 2. The van der Waals surface area contributed by atoms with Gasteiger partial charge in [-0.15, -0.1) is 0 Å². The van der Waals surface area contributed by atoms with Crippen molar-refractivity contribution in [1.82, 2.24) is 5.32 Å². The van der Waals surface area contributed by atoms with Gasteiger partial charge in [-0.3, -0.25) is 14.9 Å². The third-order valence-corrected chi connectivity index (χ3v) is 4.75. The van der Waals surface area contributed by atoms with E-state index in [-0.39, 0.29) is 17.2 Å². The van der Waals surface area contributed by atoms with Crippen molar-refractivity contribution in [1.29, 1.82) is 0 Å². The number of hydrogen-bond donors (Lipinski definition) is 4. The second-order valence-corrected chi connectivity index (χ2v) is 7.29. The zero-order chi connectivity index (χ0) is 19.1. The number of nitrogens with two attached hydrogens (primary N) is 1. The Morgan fingerprint density at radius 2 is 1.77 bits per heavy atom. The van der Waals surface area contributed by atoms with Gasteiger partial charge in [-0.25, -0.2) is 0 Å². The first-order valence-electron chi connectivity index (χ1n) is 7.82. The molecule has 0 unspecified atom stereocenters. The topological polar surface area (TPSA) is 96.2 Å². The van der Waals surface area contributed by atoms with E-state index in [1.165, 1.54) is 0 Å². The predicted molar refractivity (Wildman–Crippen MR) is 108 cm³/mol. The summed E-state index contributed by atoms with van der Waals surface area (Å²) in [6.45, 7) is 3.49. The Kier molecular flexibility index (Phi) is 4.60. The van der Waals surface area contributed by atoms with Crippen LogP contribution in [0.15, 0.2) is 36.4 Å². The lowest BCUT2D eigenvalue weighted by Gasteiger charge is -2.31. The summed E-state index contributed by atoms with van der Waals surface area (Å²) in [5.41, 5.74) is 7.68. The van der Waals surface area contributed by atoms with Gasteiger partial charge in [-0.05, 0) is 62.0 Å². The van der Waals surface area contributed by atoms with Gasteiger partial charge in [0.05, 0.1) is 22.4 Å². The molecule has 26 heavy (non-hydrogen) atoms. The van der Waals surface area contributed by atoms with Crippen molar-refractivity contribution in [2.24, 2.45) is 0 Å². The summed E-state index contributed by atoms with van der Waals surface area (Å²) in [6, 6.07) is 10.5. The maximum atomic E-state index is 12.3. The third-order valence-electron chi connectivity index (χ3n) is 4.29. The first kappa shape index (κ1) is 18.2. The van der Waals surface area contributed by atoms with Crippen LogP contribution in [0.5, 0.6) is 0 Å². The van der Waals surface area contributed by atoms with Gasteiger partial charge in [0.2, 0.25) is 5.91 Å². The molecule has 0 radical (unpaired) electrons. The number of nitrogens with one attached hydrogen (secondary N) is 3. The van der Waals surface area contributed by atoms with E-state index in [1.807, 2.05) is 0 Å². The van der Waals surface area contributed by atoms with Crippen molar-refractivity contribution >= 4 is 57.8 Å². The molecular weight excluding hydrogens is 372 g/mol. The first-order chi connectivity index (χ1) is 12.2.